The smallest absolute Gasteiger partial charge is 0.255 e. The van der Waals surface area contributed by atoms with E-state index in [2.05, 4.69) is 15.4 Å². The van der Waals surface area contributed by atoms with Crippen molar-refractivity contribution in [2.24, 2.45) is 7.05 Å². The van der Waals surface area contributed by atoms with Crippen LogP contribution in [-0.2, 0) is 13.6 Å². The van der Waals surface area contributed by atoms with Gasteiger partial charge in [-0.2, -0.15) is 5.10 Å². The first-order valence-electron chi connectivity index (χ1n) is 5.06. The molecule has 17 heavy (non-hydrogen) atoms. The van der Waals surface area contributed by atoms with E-state index in [0.717, 1.165) is 5.69 Å². The van der Waals surface area contributed by atoms with Gasteiger partial charge in [0.15, 0.2) is 0 Å². The molecule has 0 aliphatic rings. The fourth-order valence-corrected chi connectivity index (χ4v) is 1.40. The molecule has 88 valence electrons. The summed E-state index contributed by atoms with van der Waals surface area (Å²) < 4.78 is 1.66. The molecule has 0 saturated carbocycles. The molecule has 0 bridgehead atoms. The Kier molecular flexibility index (Phi) is 3.04. The lowest BCUT2D eigenvalue weighted by atomic mass is 10.2. The Morgan fingerprint density at radius 2 is 2.35 bits per heavy atom. The lowest BCUT2D eigenvalue weighted by Crippen LogP contribution is -2.23. The third-order valence-corrected chi connectivity index (χ3v) is 2.24. The molecular formula is C11H12N4O2. The molecule has 2 aromatic rings. The number of amides is 1. The van der Waals surface area contributed by atoms with Crippen LogP contribution in [0.4, 0.5) is 0 Å². The standard InChI is InChI=1S/C11H12N4O2/c1-15-5-3-8(14-15)6-13-11(17)9-2-4-12-7-10(9)16/h2-5,7,16H,6H2,1H3,(H,13,17). The predicted octanol–water partition coefficient (Wildman–Crippen LogP) is 0.451. The van der Waals surface area contributed by atoms with E-state index in [1.54, 1.807) is 17.9 Å². The van der Waals surface area contributed by atoms with E-state index >= 15 is 0 Å². The van der Waals surface area contributed by atoms with Gasteiger partial charge in [0.05, 0.1) is 24.0 Å². The van der Waals surface area contributed by atoms with Gasteiger partial charge in [-0.25, -0.2) is 0 Å². The molecule has 2 aromatic heterocycles. The van der Waals surface area contributed by atoms with Crippen LogP contribution in [0.15, 0.2) is 30.7 Å². The summed E-state index contributed by atoms with van der Waals surface area (Å²) in [6, 6.07) is 3.27. The minimum absolute atomic E-state index is 0.133. The third-order valence-electron chi connectivity index (χ3n) is 2.24. The Balaban J connectivity index is 2.01. The number of carbonyl (C=O) groups is 1. The molecule has 0 aromatic carbocycles. The van der Waals surface area contributed by atoms with Crippen molar-refractivity contribution in [3.63, 3.8) is 0 Å². The summed E-state index contributed by atoms with van der Waals surface area (Å²) in [5.74, 6) is -0.485. The maximum absolute atomic E-state index is 11.7. The highest BCUT2D eigenvalue weighted by Gasteiger charge is 2.10. The van der Waals surface area contributed by atoms with Gasteiger partial charge in [-0.15, -0.1) is 0 Å². The second kappa shape index (κ2) is 4.65. The van der Waals surface area contributed by atoms with Crippen LogP contribution in [0.3, 0.4) is 0 Å². The summed E-state index contributed by atoms with van der Waals surface area (Å²) in [6.07, 6.45) is 4.48. The van der Waals surface area contributed by atoms with Crippen molar-refractivity contribution in [2.75, 3.05) is 0 Å². The van der Waals surface area contributed by atoms with Crippen molar-refractivity contribution in [3.8, 4) is 5.75 Å². The highest BCUT2D eigenvalue weighted by Crippen LogP contribution is 2.13. The largest absolute Gasteiger partial charge is 0.505 e. The molecule has 0 atom stereocenters. The van der Waals surface area contributed by atoms with Crippen LogP contribution in [0.25, 0.3) is 0 Å². The molecule has 2 N–H and O–H groups in total. The van der Waals surface area contributed by atoms with Gasteiger partial charge in [-0.05, 0) is 12.1 Å². The van der Waals surface area contributed by atoms with Crippen LogP contribution >= 0.6 is 0 Å². The van der Waals surface area contributed by atoms with E-state index in [0.29, 0.717) is 6.54 Å². The minimum atomic E-state index is -0.351. The van der Waals surface area contributed by atoms with Gasteiger partial charge >= 0.3 is 0 Å². The summed E-state index contributed by atoms with van der Waals surface area (Å²) in [5.41, 5.74) is 0.963. The summed E-state index contributed by atoms with van der Waals surface area (Å²) in [4.78, 5) is 15.4. The maximum atomic E-state index is 11.7. The number of nitrogens with one attached hydrogen (secondary N) is 1. The molecule has 6 heteroatoms. The molecule has 0 fully saturated rings. The topological polar surface area (TPSA) is 80.0 Å². The molecule has 2 heterocycles. The Morgan fingerprint density at radius 3 is 3.00 bits per heavy atom. The molecule has 0 aliphatic carbocycles. The zero-order chi connectivity index (χ0) is 12.3. The second-order valence-electron chi connectivity index (χ2n) is 3.56. The van der Waals surface area contributed by atoms with E-state index in [1.807, 2.05) is 6.07 Å². The van der Waals surface area contributed by atoms with Crippen LogP contribution in [0.5, 0.6) is 5.75 Å². The first-order valence-corrected chi connectivity index (χ1v) is 5.06. The predicted molar refractivity (Wildman–Crippen MR) is 60.3 cm³/mol. The van der Waals surface area contributed by atoms with Crippen molar-refractivity contribution >= 4 is 5.91 Å². The van der Waals surface area contributed by atoms with Crippen LogP contribution < -0.4 is 5.32 Å². The number of nitrogens with zero attached hydrogens (tertiary/aromatic N) is 3. The van der Waals surface area contributed by atoms with Gasteiger partial charge in [0.1, 0.15) is 5.75 Å². The van der Waals surface area contributed by atoms with Gasteiger partial charge in [0, 0.05) is 19.4 Å². The molecule has 2 rings (SSSR count). The van der Waals surface area contributed by atoms with E-state index in [-0.39, 0.29) is 17.2 Å². The van der Waals surface area contributed by atoms with Gasteiger partial charge in [0.2, 0.25) is 0 Å². The number of aromatic nitrogens is 3. The maximum Gasteiger partial charge on any atom is 0.255 e. The van der Waals surface area contributed by atoms with Gasteiger partial charge in [-0.3, -0.25) is 14.5 Å². The number of hydrogen-bond donors (Lipinski definition) is 2. The summed E-state index contributed by atoms with van der Waals surface area (Å²) in [6.45, 7) is 0.321. The minimum Gasteiger partial charge on any atom is -0.505 e. The van der Waals surface area contributed by atoms with Crippen LogP contribution in [-0.4, -0.2) is 25.8 Å². The number of aromatic hydroxyl groups is 1. The van der Waals surface area contributed by atoms with Crippen molar-refractivity contribution in [3.05, 3.63) is 42.0 Å². The highest BCUT2D eigenvalue weighted by molar-refractivity contribution is 5.96. The number of hydrogen-bond acceptors (Lipinski definition) is 4. The zero-order valence-electron chi connectivity index (χ0n) is 9.29. The first kappa shape index (κ1) is 11.1. The Labute approximate surface area is 97.9 Å². The number of rotatable bonds is 3. The Bertz CT molecular complexity index is 536. The molecule has 0 spiro atoms. The van der Waals surface area contributed by atoms with Crippen molar-refractivity contribution < 1.29 is 9.90 Å². The lowest BCUT2D eigenvalue weighted by molar-refractivity contribution is 0.0947. The quantitative estimate of drug-likeness (QED) is 0.805. The second-order valence-corrected chi connectivity index (χ2v) is 3.56. The normalized spacial score (nSPS) is 10.2. The molecule has 0 saturated heterocycles. The van der Waals surface area contributed by atoms with E-state index < -0.39 is 0 Å². The van der Waals surface area contributed by atoms with E-state index in [4.69, 9.17) is 0 Å². The average molecular weight is 232 g/mol. The number of carbonyl (C=O) groups excluding carboxylic acids is 1. The number of aryl methyl sites for hydroxylation is 1. The monoisotopic (exact) mass is 232 g/mol. The van der Waals surface area contributed by atoms with Crippen LogP contribution in [0, 0.1) is 0 Å². The van der Waals surface area contributed by atoms with Crippen LogP contribution in [0.1, 0.15) is 16.1 Å². The third kappa shape index (κ3) is 2.60. The summed E-state index contributed by atoms with van der Waals surface area (Å²) in [7, 11) is 1.81. The van der Waals surface area contributed by atoms with Gasteiger partial charge < -0.3 is 10.4 Å². The summed E-state index contributed by atoms with van der Waals surface area (Å²) >= 11 is 0. The van der Waals surface area contributed by atoms with Crippen LogP contribution in [0.2, 0.25) is 0 Å². The average Bonchev–Trinajstić information content (AvgIpc) is 2.73. The summed E-state index contributed by atoms with van der Waals surface area (Å²) in [5, 5.41) is 16.2. The van der Waals surface area contributed by atoms with E-state index in [1.165, 1.54) is 18.5 Å². The zero-order valence-corrected chi connectivity index (χ0v) is 9.29. The lowest BCUT2D eigenvalue weighted by Gasteiger charge is -2.04. The Morgan fingerprint density at radius 1 is 1.53 bits per heavy atom. The molecular weight excluding hydrogens is 220 g/mol. The Hall–Kier alpha value is -2.37. The fourth-order valence-electron chi connectivity index (χ4n) is 1.40. The number of pyridine rings is 1. The van der Waals surface area contributed by atoms with Crippen molar-refractivity contribution in [1.82, 2.24) is 20.1 Å². The van der Waals surface area contributed by atoms with Crippen molar-refractivity contribution in [1.29, 1.82) is 0 Å². The molecule has 6 nitrogen and oxygen atoms in total. The molecule has 1 amide bonds. The molecule has 0 aliphatic heterocycles. The SMILES string of the molecule is Cn1ccc(CNC(=O)c2ccncc2O)n1. The first-order chi connectivity index (χ1) is 8.16. The van der Waals surface area contributed by atoms with E-state index in [9.17, 15) is 9.90 Å². The molecule has 0 unspecified atom stereocenters. The van der Waals surface area contributed by atoms with Gasteiger partial charge in [-0.1, -0.05) is 0 Å². The highest BCUT2D eigenvalue weighted by atomic mass is 16.3. The molecule has 0 radical (unpaired) electrons. The van der Waals surface area contributed by atoms with Gasteiger partial charge in [0.25, 0.3) is 5.91 Å². The van der Waals surface area contributed by atoms with Crippen molar-refractivity contribution in [2.45, 2.75) is 6.54 Å². The fraction of sp³-hybridized carbons (Fsp3) is 0.182.